The fourth-order valence-electron chi connectivity index (χ4n) is 5.58. The fraction of sp³-hybridized carbons (Fsp3) is 0.267. The van der Waals surface area contributed by atoms with E-state index in [9.17, 15) is 4.39 Å². The van der Waals surface area contributed by atoms with E-state index >= 15 is 0 Å². The van der Waals surface area contributed by atoms with Gasteiger partial charge in [-0.3, -0.25) is 4.98 Å². The molecule has 38 heavy (non-hydrogen) atoms. The number of anilines is 2. The number of hydrogen-bond donors (Lipinski definition) is 1. The van der Waals surface area contributed by atoms with Crippen molar-refractivity contribution >= 4 is 40.3 Å². The number of nitrogens with one attached hydrogen (secondary N) is 1. The van der Waals surface area contributed by atoms with Gasteiger partial charge in [-0.2, -0.15) is 0 Å². The Morgan fingerprint density at radius 3 is 2.55 bits per heavy atom. The predicted octanol–water partition coefficient (Wildman–Crippen LogP) is 7.08. The molecule has 0 saturated carbocycles. The van der Waals surface area contributed by atoms with Crippen LogP contribution in [0, 0.1) is 11.7 Å². The van der Waals surface area contributed by atoms with Gasteiger partial charge >= 0.3 is 0 Å². The molecule has 5 nitrogen and oxygen atoms in total. The molecule has 0 spiro atoms. The van der Waals surface area contributed by atoms with Gasteiger partial charge in [-0.05, 0) is 91.6 Å². The summed E-state index contributed by atoms with van der Waals surface area (Å²) in [6.07, 6.45) is 6.08. The van der Waals surface area contributed by atoms with Crippen molar-refractivity contribution in [2.45, 2.75) is 31.8 Å². The van der Waals surface area contributed by atoms with E-state index < -0.39 is 0 Å². The maximum Gasteiger partial charge on any atom is 0.174 e. The monoisotopic (exact) mass is 545 g/mol. The lowest BCUT2D eigenvalue weighted by molar-refractivity contribution is 0.438. The van der Waals surface area contributed by atoms with Crippen LogP contribution in [0.15, 0.2) is 85.2 Å². The Morgan fingerprint density at radius 1 is 0.974 bits per heavy atom. The number of halogens is 2. The Balaban J connectivity index is 1.42. The second kappa shape index (κ2) is 10.4. The molecule has 2 fully saturated rings. The highest BCUT2D eigenvalue weighted by atomic mass is 35.5. The van der Waals surface area contributed by atoms with Gasteiger partial charge in [-0.15, -0.1) is 0 Å². The van der Waals surface area contributed by atoms with Crippen molar-refractivity contribution in [2.24, 2.45) is 5.92 Å². The summed E-state index contributed by atoms with van der Waals surface area (Å²) in [5.41, 5.74) is 4.54. The summed E-state index contributed by atoms with van der Waals surface area (Å²) in [7, 11) is 0. The van der Waals surface area contributed by atoms with Crippen LogP contribution >= 0.6 is 23.8 Å². The molecule has 194 valence electrons. The largest absolute Gasteiger partial charge is 0.370 e. The van der Waals surface area contributed by atoms with E-state index in [-0.39, 0.29) is 17.9 Å². The Kier molecular flexibility index (Phi) is 6.80. The molecule has 4 heterocycles. The third-order valence-corrected chi connectivity index (χ3v) is 8.22. The first kappa shape index (κ1) is 24.9. The van der Waals surface area contributed by atoms with Crippen molar-refractivity contribution in [1.82, 2.24) is 14.9 Å². The summed E-state index contributed by atoms with van der Waals surface area (Å²) in [5, 5.41) is 4.80. The summed E-state index contributed by atoms with van der Waals surface area (Å²) in [6, 6.07) is 22.3. The smallest absolute Gasteiger partial charge is 0.174 e. The van der Waals surface area contributed by atoms with Gasteiger partial charge in [0.1, 0.15) is 11.9 Å². The molecule has 0 radical (unpaired) electrons. The molecule has 0 unspecified atom stereocenters. The minimum absolute atomic E-state index is 0.215. The number of nitrogens with zero attached hydrogens (tertiary/aromatic N) is 4. The number of benzene rings is 2. The van der Waals surface area contributed by atoms with Crippen molar-refractivity contribution in [3.05, 3.63) is 107 Å². The van der Waals surface area contributed by atoms with Crippen LogP contribution in [-0.2, 0) is 0 Å². The van der Waals surface area contributed by atoms with Crippen LogP contribution < -0.4 is 15.1 Å². The molecule has 6 rings (SSSR count). The molecule has 2 atom stereocenters. The van der Waals surface area contributed by atoms with E-state index in [1.54, 1.807) is 12.3 Å². The van der Waals surface area contributed by atoms with Gasteiger partial charge in [-0.1, -0.05) is 30.7 Å². The number of thiocarbonyl (C=S) groups is 1. The SMILES string of the molecule is CC1CCN(c2ccc(N3C(=S)N[C@H](c4ccccn4)[C@@H]3c3cccn3-c3cccc(F)c3)cc2Cl)CC1. The molecule has 1 N–H and O–H groups in total. The zero-order valence-electron chi connectivity index (χ0n) is 21.1. The number of rotatable bonds is 5. The predicted molar refractivity (Wildman–Crippen MR) is 156 cm³/mol. The van der Waals surface area contributed by atoms with Gasteiger partial charge in [-0.25, -0.2) is 4.39 Å². The first-order valence-corrected chi connectivity index (χ1v) is 13.8. The Morgan fingerprint density at radius 2 is 1.82 bits per heavy atom. The number of aromatic nitrogens is 2. The summed E-state index contributed by atoms with van der Waals surface area (Å²) >= 11 is 12.8. The number of piperidine rings is 1. The molecule has 0 amide bonds. The molecule has 2 saturated heterocycles. The molecular formula is C30H29ClFN5S. The van der Waals surface area contributed by atoms with Gasteiger partial charge in [0, 0.05) is 42.6 Å². The second-order valence-corrected chi connectivity index (χ2v) is 10.9. The van der Waals surface area contributed by atoms with Crippen LogP contribution in [-0.4, -0.2) is 27.8 Å². The molecule has 2 aliphatic heterocycles. The van der Waals surface area contributed by atoms with E-state index in [0.29, 0.717) is 10.1 Å². The van der Waals surface area contributed by atoms with E-state index in [0.717, 1.165) is 47.5 Å². The summed E-state index contributed by atoms with van der Waals surface area (Å²) in [6.45, 7) is 4.33. The average Bonchev–Trinajstić information content (AvgIpc) is 3.54. The maximum absolute atomic E-state index is 14.2. The van der Waals surface area contributed by atoms with Crippen LogP contribution in [0.5, 0.6) is 0 Å². The highest BCUT2D eigenvalue weighted by Crippen LogP contribution is 2.44. The molecule has 2 aromatic carbocycles. The van der Waals surface area contributed by atoms with Gasteiger partial charge in [0.2, 0.25) is 0 Å². The molecule has 0 aliphatic carbocycles. The summed E-state index contributed by atoms with van der Waals surface area (Å²) < 4.78 is 16.2. The van der Waals surface area contributed by atoms with Gasteiger partial charge in [0.25, 0.3) is 0 Å². The van der Waals surface area contributed by atoms with Gasteiger partial charge in [0.05, 0.1) is 22.4 Å². The topological polar surface area (TPSA) is 36.3 Å². The first-order chi connectivity index (χ1) is 18.5. The van der Waals surface area contributed by atoms with Crippen LogP contribution in [0.4, 0.5) is 15.8 Å². The van der Waals surface area contributed by atoms with Gasteiger partial charge < -0.3 is 19.7 Å². The maximum atomic E-state index is 14.2. The zero-order valence-corrected chi connectivity index (χ0v) is 22.7. The molecule has 4 aromatic rings. The second-order valence-electron chi connectivity index (χ2n) is 10.1. The van der Waals surface area contributed by atoms with Crippen molar-refractivity contribution in [1.29, 1.82) is 0 Å². The van der Waals surface area contributed by atoms with Crippen molar-refractivity contribution in [3.8, 4) is 5.69 Å². The van der Waals surface area contributed by atoms with Crippen LogP contribution in [0.25, 0.3) is 5.69 Å². The fourth-order valence-corrected chi connectivity index (χ4v) is 6.22. The minimum Gasteiger partial charge on any atom is -0.370 e. The highest BCUT2D eigenvalue weighted by Gasteiger charge is 2.42. The zero-order chi connectivity index (χ0) is 26.2. The third kappa shape index (κ3) is 4.65. The van der Waals surface area contributed by atoms with E-state index in [1.165, 1.54) is 25.0 Å². The minimum atomic E-state index is -0.283. The van der Waals surface area contributed by atoms with Gasteiger partial charge in [0.15, 0.2) is 5.11 Å². The van der Waals surface area contributed by atoms with Crippen LogP contribution in [0.1, 0.15) is 43.2 Å². The summed E-state index contributed by atoms with van der Waals surface area (Å²) in [5.74, 6) is 0.464. The Labute approximate surface area is 232 Å². The molecule has 0 bridgehead atoms. The third-order valence-electron chi connectivity index (χ3n) is 7.60. The van der Waals surface area contributed by atoms with Crippen molar-refractivity contribution in [3.63, 3.8) is 0 Å². The Bertz CT molecular complexity index is 1450. The Hall–Kier alpha value is -3.42. The number of hydrogen-bond acceptors (Lipinski definition) is 3. The quantitative estimate of drug-likeness (QED) is 0.271. The van der Waals surface area contributed by atoms with E-state index in [2.05, 4.69) is 45.2 Å². The highest BCUT2D eigenvalue weighted by molar-refractivity contribution is 7.80. The van der Waals surface area contributed by atoms with Crippen molar-refractivity contribution < 1.29 is 4.39 Å². The number of pyridine rings is 1. The van der Waals surface area contributed by atoms with Crippen LogP contribution in [0.2, 0.25) is 5.02 Å². The molecule has 2 aliphatic rings. The van der Waals surface area contributed by atoms with E-state index in [1.807, 2.05) is 47.2 Å². The lowest BCUT2D eigenvalue weighted by atomic mass is 9.98. The molecular weight excluding hydrogens is 517 g/mol. The lowest BCUT2D eigenvalue weighted by Gasteiger charge is -2.33. The average molecular weight is 546 g/mol. The summed E-state index contributed by atoms with van der Waals surface area (Å²) in [4.78, 5) is 9.12. The molecule has 2 aromatic heterocycles. The lowest BCUT2D eigenvalue weighted by Crippen LogP contribution is -2.33. The first-order valence-electron chi connectivity index (χ1n) is 13.0. The van der Waals surface area contributed by atoms with E-state index in [4.69, 9.17) is 23.8 Å². The standard InChI is InChI=1S/C30H29ClFN5S/c1-20-12-16-35(17-13-20)26-11-10-23(19-24(26)31)37-29(28(34-30(37)38)25-8-2-3-14-33-25)27-9-5-15-36(27)22-7-4-6-21(32)18-22/h2-11,14-15,18-20,28-29H,12-13,16-17H2,1H3,(H,34,38)/t28-,29+/m1/s1. The van der Waals surface area contributed by atoms with Crippen molar-refractivity contribution in [2.75, 3.05) is 22.9 Å². The van der Waals surface area contributed by atoms with Crippen LogP contribution in [0.3, 0.4) is 0 Å². The molecule has 8 heteroatoms. The normalized spacial score (nSPS) is 20.1.